The monoisotopic (exact) mass is 947 g/mol. The zero-order valence-corrected chi connectivity index (χ0v) is 41.4. The number of amides is 1. The maximum atomic E-state index is 14.7. The molecule has 67 heavy (non-hydrogen) atoms. The first-order valence-electron chi connectivity index (χ1n) is 23.8. The van der Waals surface area contributed by atoms with Gasteiger partial charge in [0.05, 0.1) is 60.2 Å². The number of furan rings is 1. The van der Waals surface area contributed by atoms with Crippen LogP contribution in [0.25, 0.3) is 11.1 Å². The van der Waals surface area contributed by atoms with Crippen LogP contribution in [0.15, 0.2) is 47.3 Å². The number of aliphatic hydroxyl groups is 5. The lowest BCUT2D eigenvalue weighted by Crippen LogP contribution is -2.61. The highest BCUT2D eigenvalue weighted by Crippen LogP contribution is 2.41. The fourth-order valence-electron chi connectivity index (χ4n) is 10.3. The summed E-state index contributed by atoms with van der Waals surface area (Å²) >= 11 is 0. The van der Waals surface area contributed by atoms with Crippen LogP contribution in [-0.2, 0) is 49.2 Å². The summed E-state index contributed by atoms with van der Waals surface area (Å²) in [6.07, 6.45) is -7.27. The Bertz CT molecular complexity index is 1930. The Kier molecular flexibility index (Phi) is 18.4. The number of methoxy groups -OCH3 is 1. The van der Waals surface area contributed by atoms with Gasteiger partial charge in [-0.05, 0) is 92.1 Å². The first-order valence-corrected chi connectivity index (χ1v) is 23.8. The number of aryl methyl sites for hydroxylation is 1. The molecule has 0 radical (unpaired) electrons. The van der Waals surface area contributed by atoms with E-state index in [9.17, 15) is 39.9 Å². The van der Waals surface area contributed by atoms with Crippen LogP contribution in [0, 0.1) is 23.7 Å². The molecule has 3 aliphatic heterocycles. The van der Waals surface area contributed by atoms with Crippen molar-refractivity contribution in [1.82, 2.24) is 10.2 Å². The number of ether oxygens (including phenoxy) is 6. The van der Waals surface area contributed by atoms with Crippen LogP contribution >= 0.6 is 0 Å². The number of ketones is 1. The molecule has 1 amide bonds. The molecule has 18 atom stereocenters. The van der Waals surface area contributed by atoms with E-state index < -0.39 is 108 Å². The average Bonchev–Trinajstić information content (AvgIpc) is 3.83. The van der Waals surface area contributed by atoms with Gasteiger partial charge in [0.1, 0.15) is 29.7 Å². The fraction of sp³-hybridized carbons (Fsp3) is 0.740. The number of carbonyl (C=O) groups excluding carboxylic acids is 3. The Morgan fingerprint density at radius 3 is 2.25 bits per heavy atom. The molecule has 0 saturated carbocycles. The summed E-state index contributed by atoms with van der Waals surface area (Å²) in [7, 11) is 5.14. The second-order valence-electron chi connectivity index (χ2n) is 20.4. The number of rotatable bonds is 13. The molecular weight excluding hydrogens is 869 g/mol. The van der Waals surface area contributed by atoms with E-state index in [-0.39, 0.29) is 50.3 Å². The van der Waals surface area contributed by atoms with Gasteiger partial charge in [-0.1, -0.05) is 45.0 Å². The SMILES string of the molecule is CO[C@]1(C)C[C@H](O[C@H]2[C@H](C)[C@@H](O[C@@H]3O[C@H](C)C[C@H](N(C)C)[C@H]3O)[C@](C)(O)C[C@@H](C)C(=O)[C@H](C)[C@@H](O)[C@](C)(O)[C@@H](CCNC(=O)CCc3cccc(-c4ccoc4)c3)OC(=O)[C@@H]2C)O[C@@H](C)[C@@H]1O. The molecule has 5 rings (SSSR count). The molecule has 2 aromatic rings. The fourth-order valence-corrected chi connectivity index (χ4v) is 10.3. The number of likely N-dealkylation sites (N-methyl/N-ethyl adjacent to an activating group) is 1. The average molecular weight is 947 g/mol. The molecule has 3 aliphatic rings. The standard InChI is InChI=1S/C50H78N2O15/c1-27-24-48(7,59)45(67-47-41(55)36(52(10)11)22-28(2)63-47)30(4)42(66-39-25-49(8,61-12)44(57)32(6)64-39)31(5)46(58)65-37(50(9,60)43(56)29(3)40(27)54)18-20-51-38(53)17-16-33-14-13-15-34(23-33)35-19-21-62-26-35/h13-15,19,21,23,26-32,36-37,39,41-45,47,55-57,59-60H,16-18,20,22,24-25H2,1-12H3,(H,51,53)/t27-,28-,29+,30+,31-,32+,36+,37-,39+,41-,42+,43-,44+,45-,47+,48-,49-,50-/m1/s1. The van der Waals surface area contributed by atoms with Gasteiger partial charge in [-0.15, -0.1) is 0 Å². The minimum absolute atomic E-state index is 0.0386. The van der Waals surface area contributed by atoms with Crippen LogP contribution in [0.2, 0.25) is 0 Å². The van der Waals surface area contributed by atoms with Crippen molar-refractivity contribution in [2.24, 2.45) is 23.7 Å². The number of esters is 1. The largest absolute Gasteiger partial charge is 0.472 e. The summed E-state index contributed by atoms with van der Waals surface area (Å²) in [5.74, 6) is -5.88. The number of nitrogens with one attached hydrogen (secondary N) is 1. The minimum atomic E-state index is -2.21. The number of aliphatic hydroxyl groups excluding tert-OH is 3. The van der Waals surface area contributed by atoms with Gasteiger partial charge in [0, 0.05) is 62.3 Å². The van der Waals surface area contributed by atoms with Gasteiger partial charge in [0.15, 0.2) is 12.6 Å². The van der Waals surface area contributed by atoms with Gasteiger partial charge < -0.3 is 68.6 Å². The van der Waals surface area contributed by atoms with Crippen molar-refractivity contribution in [2.45, 2.75) is 185 Å². The molecule has 0 unspecified atom stereocenters. The number of nitrogens with zero attached hydrogens (tertiary/aromatic N) is 1. The molecule has 0 spiro atoms. The zero-order valence-electron chi connectivity index (χ0n) is 41.4. The lowest BCUT2D eigenvalue weighted by molar-refractivity contribution is -0.318. The topological polar surface area (TPSA) is 236 Å². The van der Waals surface area contributed by atoms with Crippen molar-refractivity contribution in [3.8, 4) is 11.1 Å². The highest BCUT2D eigenvalue weighted by atomic mass is 16.7. The number of hydrogen-bond donors (Lipinski definition) is 6. The van der Waals surface area contributed by atoms with Crippen molar-refractivity contribution in [2.75, 3.05) is 27.7 Å². The third-order valence-electron chi connectivity index (χ3n) is 14.6. The number of cyclic esters (lactones) is 1. The smallest absolute Gasteiger partial charge is 0.311 e. The van der Waals surface area contributed by atoms with Gasteiger partial charge >= 0.3 is 5.97 Å². The molecule has 0 bridgehead atoms. The van der Waals surface area contributed by atoms with Crippen LogP contribution in [0.3, 0.4) is 0 Å². The molecule has 17 heteroatoms. The molecular formula is C50H78N2O15. The molecule has 3 fully saturated rings. The summed E-state index contributed by atoms with van der Waals surface area (Å²) in [5.41, 5.74) is -2.39. The molecule has 1 aromatic heterocycles. The number of benzene rings is 1. The highest BCUT2D eigenvalue weighted by Gasteiger charge is 2.53. The van der Waals surface area contributed by atoms with Crippen molar-refractivity contribution in [1.29, 1.82) is 0 Å². The van der Waals surface area contributed by atoms with E-state index in [2.05, 4.69) is 5.32 Å². The van der Waals surface area contributed by atoms with Crippen LogP contribution in [0.5, 0.6) is 0 Å². The first kappa shape index (κ1) is 54.6. The van der Waals surface area contributed by atoms with Crippen LogP contribution < -0.4 is 5.32 Å². The predicted octanol–water partition coefficient (Wildman–Crippen LogP) is 3.77. The second kappa shape index (κ2) is 22.6. The van der Waals surface area contributed by atoms with Crippen molar-refractivity contribution >= 4 is 17.7 Å². The normalized spacial score (nSPS) is 40.5. The Morgan fingerprint density at radius 1 is 0.910 bits per heavy atom. The third kappa shape index (κ3) is 12.9. The second-order valence-corrected chi connectivity index (χ2v) is 20.4. The Morgan fingerprint density at radius 2 is 1.61 bits per heavy atom. The zero-order chi connectivity index (χ0) is 49.8. The van der Waals surface area contributed by atoms with Crippen molar-refractivity contribution in [3.05, 3.63) is 48.4 Å². The highest BCUT2D eigenvalue weighted by molar-refractivity contribution is 5.83. The van der Waals surface area contributed by atoms with E-state index in [1.165, 1.54) is 27.9 Å². The van der Waals surface area contributed by atoms with Gasteiger partial charge in [-0.2, -0.15) is 0 Å². The molecule has 3 saturated heterocycles. The van der Waals surface area contributed by atoms with Crippen molar-refractivity contribution < 1.29 is 72.8 Å². The van der Waals surface area contributed by atoms with Crippen molar-refractivity contribution in [3.63, 3.8) is 0 Å². The van der Waals surface area contributed by atoms with E-state index in [0.717, 1.165) is 16.7 Å². The third-order valence-corrected chi connectivity index (χ3v) is 14.6. The Balaban J connectivity index is 1.47. The number of carbonyl (C=O) groups is 3. The maximum Gasteiger partial charge on any atom is 0.311 e. The summed E-state index contributed by atoms with van der Waals surface area (Å²) in [5, 5.41) is 62.1. The number of hydrogen-bond acceptors (Lipinski definition) is 16. The predicted molar refractivity (Wildman–Crippen MR) is 246 cm³/mol. The quantitative estimate of drug-likeness (QED) is 0.157. The van der Waals surface area contributed by atoms with Gasteiger partial charge in [-0.25, -0.2) is 0 Å². The molecule has 0 aliphatic carbocycles. The van der Waals surface area contributed by atoms with E-state index >= 15 is 0 Å². The van der Waals surface area contributed by atoms with Crippen LogP contribution in [-0.4, -0.2) is 160 Å². The molecule has 4 heterocycles. The summed E-state index contributed by atoms with van der Waals surface area (Å²) in [6.45, 7) is 14.3. The molecule has 1 aromatic carbocycles. The lowest BCUT2D eigenvalue weighted by Gasteiger charge is -2.49. The summed E-state index contributed by atoms with van der Waals surface area (Å²) in [4.78, 5) is 44.0. The van der Waals surface area contributed by atoms with Gasteiger partial charge in [0.2, 0.25) is 5.91 Å². The van der Waals surface area contributed by atoms with E-state index in [4.69, 9.17) is 32.8 Å². The molecule has 6 N–H and O–H groups in total. The van der Waals surface area contributed by atoms with Crippen LogP contribution in [0.1, 0.15) is 100.0 Å². The van der Waals surface area contributed by atoms with E-state index in [1.54, 1.807) is 47.1 Å². The maximum absolute atomic E-state index is 14.7. The molecule has 17 nitrogen and oxygen atoms in total. The minimum Gasteiger partial charge on any atom is -0.472 e. The Hall–Kier alpha value is -3.33. The molecule has 378 valence electrons. The van der Waals surface area contributed by atoms with Crippen LogP contribution in [0.4, 0.5) is 0 Å². The lowest BCUT2D eigenvalue weighted by atomic mass is 9.74. The van der Waals surface area contributed by atoms with Gasteiger partial charge in [-0.3, -0.25) is 14.4 Å². The van der Waals surface area contributed by atoms with E-state index in [1.807, 2.05) is 56.3 Å². The van der Waals surface area contributed by atoms with Gasteiger partial charge in [0.25, 0.3) is 0 Å². The summed E-state index contributed by atoms with van der Waals surface area (Å²) < 4.78 is 42.9. The van der Waals surface area contributed by atoms with E-state index in [0.29, 0.717) is 12.8 Å². The number of Topliss-reactive ketones (excluding diaryl/α,β-unsaturated/α-hetero) is 1. The Labute approximate surface area is 395 Å². The first-order chi connectivity index (χ1) is 31.3. The summed E-state index contributed by atoms with van der Waals surface area (Å²) in [6, 6.07) is 9.25.